The molecule has 0 radical (unpaired) electrons. The number of carbonyl (C=O) groups is 2. The maximum Gasteiger partial charge on any atom is 0.312 e. The number of ether oxygens (including phenoxy) is 1. The Kier molecular flexibility index (Phi) is 7.89. The number of carbonyl (C=O) groups excluding carboxylic acids is 2. The van der Waals surface area contributed by atoms with Gasteiger partial charge in [-0.2, -0.15) is 0 Å². The largest absolute Gasteiger partial charge is 0.461 e. The number of aromatic nitrogens is 1. The SMILES string of the molecule is NC(=O)c1cnc(NCCCCCC(=O)OCc2ccccc2)c([N+](=O)[O-])c1. The number of hydrogen-bond acceptors (Lipinski definition) is 7. The summed E-state index contributed by atoms with van der Waals surface area (Å²) in [6.45, 7) is 0.709. The van der Waals surface area contributed by atoms with E-state index in [1.165, 1.54) is 6.20 Å². The number of amides is 1. The van der Waals surface area contributed by atoms with Gasteiger partial charge in [0.2, 0.25) is 5.82 Å². The van der Waals surface area contributed by atoms with Gasteiger partial charge in [0.05, 0.1) is 10.5 Å². The van der Waals surface area contributed by atoms with Crippen molar-refractivity contribution >= 4 is 23.4 Å². The number of nitrogens with two attached hydrogens (primary N) is 1. The Morgan fingerprint density at radius 3 is 2.61 bits per heavy atom. The number of benzene rings is 1. The van der Waals surface area contributed by atoms with E-state index in [2.05, 4.69) is 10.3 Å². The fraction of sp³-hybridized carbons (Fsp3) is 0.316. The summed E-state index contributed by atoms with van der Waals surface area (Å²) in [5.41, 5.74) is 5.72. The maximum absolute atomic E-state index is 11.7. The van der Waals surface area contributed by atoms with Crippen LogP contribution in [0.25, 0.3) is 0 Å². The van der Waals surface area contributed by atoms with Crippen molar-refractivity contribution in [1.29, 1.82) is 0 Å². The van der Waals surface area contributed by atoms with Crippen molar-refractivity contribution in [1.82, 2.24) is 4.98 Å². The molecule has 0 bridgehead atoms. The molecule has 0 spiro atoms. The molecule has 9 heteroatoms. The first-order valence-corrected chi connectivity index (χ1v) is 8.85. The van der Waals surface area contributed by atoms with Gasteiger partial charge in [0.1, 0.15) is 6.61 Å². The van der Waals surface area contributed by atoms with Crippen LogP contribution in [0.1, 0.15) is 41.6 Å². The average molecular weight is 386 g/mol. The summed E-state index contributed by atoms with van der Waals surface area (Å²) < 4.78 is 5.20. The number of pyridine rings is 1. The Balaban J connectivity index is 1.67. The molecule has 1 aromatic heterocycles. The molecule has 3 N–H and O–H groups in total. The summed E-state index contributed by atoms with van der Waals surface area (Å²) in [7, 11) is 0. The quantitative estimate of drug-likeness (QED) is 0.262. The number of esters is 1. The van der Waals surface area contributed by atoms with Crippen LogP contribution in [0.15, 0.2) is 42.6 Å². The van der Waals surface area contributed by atoms with Crippen LogP contribution in [-0.4, -0.2) is 28.3 Å². The minimum Gasteiger partial charge on any atom is -0.461 e. The van der Waals surface area contributed by atoms with Crippen molar-refractivity contribution in [2.24, 2.45) is 5.73 Å². The Morgan fingerprint density at radius 1 is 1.18 bits per heavy atom. The predicted molar refractivity (Wildman–Crippen MR) is 103 cm³/mol. The third kappa shape index (κ3) is 6.67. The van der Waals surface area contributed by atoms with Crippen LogP contribution >= 0.6 is 0 Å². The molecule has 1 heterocycles. The first-order chi connectivity index (χ1) is 13.5. The summed E-state index contributed by atoms with van der Waals surface area (Å²) in [6, 6.07) is 10.5. The molecule has 9 nitrogen and oxygen atoms in total. The van der Waals surface area contributed by atoms with E-state index in [1.54, 1.807) is 0 Å². The van der Waals surface area contributed by atoms with E-state index in [1.807, 2.05) is 30.3 Å². The molecule has 2 rings (SSSR count). The second kappa shape index (κ2) is 10.6. The third-order valence-corrected chi connectivity index (χ3v) is 3.94. The Bertz CT molecular complexity index is 826. The molecular formula is C19H22N4O5. The number of hydrogen-bond donors (Lipinski definition) is 2. The number of nitrogens with one attached hydrogen (secondary N) is 1. The molecule has 148 valence electrons. The maximum atomic E-state index is 11.7. The highest BCUT2D eigenvalue weighted by Crippen LogP contribution is 2.22. The van der Waals surface area contributed by atoms with Crippen LogP contribution in [0.3, 0.4) is 0 Å². The van der Waals surface area contributed by atoms with E-state index in [-0.39, 0.29) is 29.6 Å². The van der Waals surface area contributed by atoms with Crippen LogP contribution in [0.5, 0.6) is 0 Å². The molecular weight excluding hydrogens is 364 g/mol. The lowest BCUT2D eigenvalue weighted by molar-refractivity contribution is -0.384. The van der Waals surface area contributed by atoms with Crippen molar-refractivity contribution in [3.8, 4) is 0 Å². The molecule has 0 aliphatic carbocycles. The summed E-state index contributed by atoms with van der Waals surface area (Å²) in [5.74, 6) is -0.949. The van der Waals surface area contributed by atoms with Gasteiger partial charge < -0.3 is 15.8 Å². The smallest absolute Gasteiger partial charge is 0.312 e. The van der Waals surface area contributed by atoms with E-state index in [9.17, 15) is 19.7 Å². The van der Waals surface area contributed by atoms with E-state index < -0.39 is 10.8 Å². The highest BCUT2D eigenvalue weighted by Gasteiger charge is 2.17. The van der Waals surface area contributed by atoms with Gasteiger partial charge in [0.25, 0.3) is 5.91 Å². The fourth-order valence-electron chi connectivity index (χ4n) is 2.45. The molecule has 28 heavy (non-hydrogen) atoms. The van der Waals surface area contributed by atoms with Crippen molar-refractivity contribution in [2.45, 2.75) is 32.3 Å². The summed E-state index contributed by atoms with van der Waals surface area (Å²) in [5, 5.41) is 14.0. The first-order valence-electron chi connectivity index (χ1n) is 8.85. The molecule has 0 atom stereocenters. The molecule has 0 saturated carbocycles. The van der Waals surface area contributed by atoms with E-state index >= 15 is 0 Å². The summed E-state index contributed by atoms with van der Waals surface area (Å²) in [6.07, 6.45) is 3.62. The van der Waals surface area contributed by atoms with Crippen LogP contribution in [0, 0.1) is 10.1 Å². The Hall–Kier alpha value is -3.49. The molecule has 0 saturated heterocycles. The molecule has 0 aliphatic rings. The van der Waals surface area contributed by atoms with Crippen molar-refractivity contribution in [3.63, 3.8) is 0 Å². The van der Waals surface area contributed by atoms with Crippen molar-refractivity contribution < 1.29 is 19.2 Å². The molecule has 0 unspecified atom stereocenters. The van der Waals surface area contributed by atoms with Crippen molar-refractivity contribution in [2.75, 3.05) is 11.9 Å². The third-order valence-electron chi connectivity index (χ3n) is 3.94. The van der Waals surface area contributed by atoms with Gasteiger partial charge in [-0.1, -0.05) is 36.8 Å². The Morgan fingerprint density at radius 2 is 1.93 bits per heavy atom. The molecule has 1 amide bonds. The lowest BCUT2D eigenvalue weighted by Gasteiger charge is -2.07. The first kappa shape index (κ1) is 20.8. The Labute approximate surface area is 162 Å². The van der Waals surface area contributed by atoms with Gasteiger partial charge in [0.15, 0.2) is 0 Å². The minimum atomic E-state index is -0.777. The summed E-state index contributed by atoms with van der Waals surface area (Å²) >= 11 is 0. The van der Waals surface area contributed by atoms with Gasteiger partial charge in [-0.3, -0.25) is 19.7 Å². The lowest BCUT2D eigenvalue weighted by Crippen LogP contribution is -2.13. The number of nitrogens with zero attached hydrogens (tertiary/aromatic N) is 2. The van der Waals surface area contributed by atoms with Gasteiger partial charge in [-0.05, 0) is 18.4 Å². The second-order valence-corrected chi connectivity index (χ2v) is 6.10. The topological polar surface area (TPSA) is 137 Å². The molecule has 0 fully saturated rings. The highest BCUT2D eigenvalue weighted by molar-refractivity contribution is 5.93. The normalized spacial score (nSPS) is 10.3. The standard InChI is InChI=1S/C19H22N4O5/c20-18(25)15-11-16(23(26)27)19(22-12-15)21-10-6-2-5-9-17(24)28-13-14-7-3-1-4-8-14/h1,3-4,7-8,11-12H,2,5-6,9-10,13H2,(H2,20,25)(H,21,22). The zero-order valence-electron chi connectivity index (χ0n) is 15.3. The van der Waals surface area contributed by atoms with Crippen LogP contribution < -0.4 is 11.1 Å². The van der Waals surface area contributed by atoms with Gasteiger partial charge in [-0.25, -0.2) is 4.98 Å². The van der Waals surface area contributed by atoms with Gasteiger partial charge >= 0.3 is 11.7 Å². The van der Waals surface area contributed by atoms with Crippen molar-refractivity contribution in [3.05, 3.63) is 63.8 Å². The summed E-state index contributed by atoms with van der Waals surface area (Å²) in [4.78, 5) is 37.2. The van der Waals surface area contributed by atoms with Crippen LogP contribution in [-0.2, 0) is 16.1 Å². The molecule has 2 aromatic rings. The van der Waals surface area contributed by atoms with E-state index in [4.69, 9.17) is 10.5 Å². The van der Waals surface area contributed by atoms with Crippen LogP contribution in [0.4, 0.5) is 11.5 Å². The molecule has 0 aliphatic heterocycles. The highest BCUT2D eigenvalue weighted by atomic mass is 16.6. The number of rotatable bonds is 11. The minimum absolute atomic E-state index is 0.0220. The zero-order chi connectivity index (χ0) is 20.4. The van der Waals surface area contributed by atoms with Gasteiger partial charge in [-0.15, -0.1) is 0 Å². The van der Waals surface area contributed by atoms with E-state index in [0.29, 0.717) is 25.8 Å². The van der Waals surface area contributed by atoms with Gasteiger partial charge in [0, 0.05) is 25.2 Å². The average Bonchev–Trinajstić information content (AvgIpc) is 2.69. The van der Waals surface area contributed by atoms with Crippen LogP contribution in [0.2, 0.25) is 0 Å². The number of unbranched alkanes of at least 4 members (excludes halogenated alkanes) is 2. The fourth-order valence-corrected chi connectivity index (χ4v) is 2.45. The number of nitro groups is 1. The zero-order valence-corrected chi connectivity index (χ0v) is 15.3. The second-order valence-electron chi connectivity index (χ2n) is 6.10. The lowest BCUT2D eigenvalue weighted by atomic mass is 10.2. The number of anilines is 1. The number of primary amides is 1. The molecule has 1 aromatic carbocycles. The predicted octanol–water partition coefficient (Wildman–Crippen LogP) is 2.80. The van der Waals surface area contributed by atoms with E-state index in [0.717, 1.165) is 18.1 Å². The monoisotopic (exact) mass is 386 g/mol.